The first-order chi connectivity index (χ1) is 7.50. The molecule has 0 N–H and O–H groups in total. The van der Waals surface area contributed by atoms with Crippen LogP contribution in [0, 0.1) is 5.92 Å². The number of alkyl halides is 1. The van der Waals surface area contributed by atoms with Gasteiger partial charge in [0.05, 0.1) is 0 Å². The molecule has 0 saturated heterocycles. The van der Waals surface area contributed by atoms with Crippen LogP contribution in [0.2, 0.25) is 0 Å². The van der Waals surface area contributed by atoms with Crippen molar-refractivity contribution in [2.24, 2.45) is 5.92 Å². The number of hydrogen-bond donors (Lipinski definition) is 0. The van der Waals surface area contributed by atoms with Crippen LogP contribution in [0.15, 0.2) is 24.3 Å². The minimum absolute atomic E-state index is 0.0835. The third-order valence-electron chi connectivity index (χ3n) is 2.59. The molecule has 0 fully saturated rings. The molecule has 0 bridgehead atoms. The molecule has 16 heavy (non-hydrogen) atoms. The molecule has 0 amide bonds. The summed E-state index contributed by atoms with van der Waals surface area (Å²) in [6, 6.07) is 8.06. The van der Waals surface area contributed by atoms with Gasteiger partial charge >= 0.3 is 0 Å². The van der Waals surface area contributed by atoms with E-state index in [4.69, 9.17) is 0 Å². The number of hydrogen-bond acceptors (Lipinski definition) is 1. The fraction of sp³-hybridized carbons (Fsp3) is 0.500. The number of benzene rings is 1. The Hall–Kier alpha value is -0.380. The van der Waals surface area contributed by atoms with Gasteiger partial charge in [0.15, 0.2) is 5.78 Å². The molecular weight excluding hydrogens is 311 g/mol. The van der Waals surface area contributed by atoms with E-state index in [-0.39, 0.29) is 11.7 Å². The van der Waals surface area contributed by atoms with Crippen LogP contribution in [0.5, 0.6) is 0 Å². The van der Waals surface area contributed by atoms with Gasteiger partial charge in [-0.15, -0.1) is 0 Å². The lowest BCUT2D eigenvalue weighted by Gasteiger charge is -2.06. The van der Waals surface area contributed by atoms with E-state index in [0.717, 1.165) is 12.0 Å². The van der Waals surface area contributed by atoms with Crippen molar-refractivity contribution in [3.05, 3.63) is 35.4 Å². The molecule has 0 aliphatic rings. The van der Waals surface area contributed by atoms with Gasteiger partial charge in [-0.25, -0.2) is 0 Å². The largest absolute Gasteiger partial charge is 0.294 e. The van der Waals surface area contributed by atoms with Gasteiger partial charge in [-0.2, -0.15) is 0 Å². The second-order valence-electron chi connectivity index (χ2n) is 4.54. The molecule has 1 aromatic carbocycles. The molecular formula is C14H19IO. The van der Waals surface area contributed by atoms with Crippen molar-refractivity contribution in [2.45, 2.75) is 37.5 Å². The van der Waals surface area contributed by atoms with E-state index in [0.29, 0.717) is 3.92 Å². The van der Waals surface area contributed by atoms with Gasteiger partial charge in [0.2, 0.25) is 0 Å². The third kappa shape index (κ3) is 4.24. The molecule has 88 valence electrons. The molecule has 0 aliphatic heterocycles. The first kappa shape index (κ1) is 13.7. The van der Waals surface area contributed by atoms with Crippen molar-refractivity contribution in [3.8, 4) is 0 Å². The van der Waals surface area contributed by atoms with Crippen molar-refractivity contribution < 1.29 is 4.79 Å². The lowest BCUT2D eigenvalue weighted by Crippen LogP contribution is -2.07. The number of ketones is 1. The average molecular weight is 330 g/mol. The van der Waals surface area contributed by atoms with Crippen LogP contribution in [0.3, 0.4) is 0 Å². The number of rotatable bonds is 5. The highest BCUT2D eigenvalue weighted by Gasteiger charge is 2.09. The topological polar surface area (TPSA) is 17.1 Å². The third-order valence-corrected chi connectivity index (χ3v) is 3.22. The zero-order valence-electron chi connectivity index (χ0n) is 10.2. The average Bonchev–Trinajstić information content (AvgIpc) is 2.26. The molecule has 0 aromatic heterocycles. The Morgan fingerprint density at radius 3 is 2.19 bits per heavy atom. The summed E-state index contributed by atoms with van der Waals surface area (Å²) < 4.78 is 0.703. The van der Waals surface area contributed by atoms with Gasteiger partial charge in [0, 0.05) is 15.4 Å². The first-order valence-electron chi connectivity index (χ1n) is 5.78. The smallest absolute Gasteiger partial charge is 0.165 e. The molecule has 0 heterocycles. The van der Waals surface area contributed by atoms with Crippen LogP contribution in [0.1, 0.15) is 43.1 Å². The SMILES string of the molecule is CC(I)CCc1ccc(C(=O)C(C)C)cc1. The van der Waals surface area contributed by atoms with Crippen molar-refractivity contribution in [1.82, 2.24) is 0 Å². The highest BCUT2D eigenvalue weighted by atomic mass is 127. The van der Waals surface area contributed by atoms with Crippen LogP contribution >= 0.6 is 22.6 Å². The number of carbonyl (C=O) groups excluding carboxylic acids is 1. The molecule has 0 saturated carbocycles. The van der Waals surface area contributed by atoms with Crippen LogP contribution < -0.4 is 0 Å². The molecule has 0 radical (unpaired) electrons. The summed E-state index contributed by atoms with van der Waals surface area (Å²) in [5, 5.41) is 0. The summed E-state index contributed by atoms with van der Waals surface area (Å²) >= 11 is 2.44. The Labute approximate surface area is 112 Å². The highest BCUT2D eigenvalue weighted by Crippen LogP contribution is 2.13. The van der Waals surface area contributed by atoms with Crippen LogP contribution in [-0.2, 0) is 6.42 Å². The Bertz CT molecular complexity index is 338. The molecule has 1 aromatic rings. The Balaban J connectivity index is 2.64. The van der Waals surface area contributed by atoms with E-state index in [1.54, 1.807) is 0 Å². The van der Waals surface area contributed by atoms with Crippen LogP contribution in [-0.4, -0.2) is 9.71 Å². The van der Waals surface area contributed by atoms with Crippen LogP contribution in [0.4, 0.5) is 0 Å². The minimum Gasteiger partial charge on any atom is -0.294 e. The molecule has 0 spiro atoms. The standard InChI is InChI=1S/C14H19IO/c1-10(2)14(16)13-8-6-12(7-9-13)5-4-11(3)15/h6-11H,4-5H2,1-3H3. The summed E-state index contributed by atoms with van der Waals surface area (Å²) in [6.07, 6.45) is 2.29. The van der Waals surface area contributed by atoms with Gasteiger partial charge in [-0.05, 0) is 18.4 Å². The van der Waals surface area contributed by atoms with E-state index in [1.165, 1.54) is 12.0 Å². The predicted molar refractivity (Wildman–Crippen MR) is 77.4 cm³/mol. The van der Waals surface area contributed by atoms with Gasteiger partial charge < -0.3 is 0 Å². The summed E-state index contributed by atoms with van der Waals surface area (Å²) in [5.74, 6) is 0.314. The van der Waals surface area contributed by atoms with Crippen molar-refractivity contribution in [3.63, 3.8) is 0 Å². The van der Waals surface area contributed by atoms with Gasteiger partial charge in [0.25, 0.3) is 0 Å². The zero-order valence-corrected chi connectivity index (χ0v) is 12.3. The van der Waals surface area contributed by atoms with E-state index < -0.39 is 0 Å². The van der Waals surface area contributed by atoms with Crippen molar-refractivity contribution >= 4 is 28.4 Å². The summed E-state index contributed by atoms with van der Waals surface area (Å²) in [7, 11) is 0. The monoisotopic (exact) mass is 330 g/mol. The number of carbonyl (C=O) groups is 1. The van der Waals surface area contributed by atoms with Gasteiger partial charge in [-0.1, -0.05) is 67.6 Å². The lowest BCUT2D eigenvalue weighted by molar-refractivity contribution is 0.0939. The molecule has 2 heteroatoms. The van der Waals surface area contributed by atoms with Crippen LogP contribution in [0.25, 0.3) is 0 Å². The molecule has 1 nitrogen and oxygen atoms in total. The Morgan fingerprint density at radius 1 is 1.19 bits per heavy atom. The maximum Gasteiger partial charge on any atom is 0.165 e. The lowest BCUT2D eigenvalue weighted by atomic mass is 9.99. The minimum atomic E-state index is 0.0835. The van der Waals surface area contributed by atoms with E-state index in [2.05, 4.69) is 41.6 Å². The maximum atomic E-state index is 11.7. The molecule has 0 aliphatic carbocycles. The fourth-order valence-electron chi connectivity index (χ4n) is 1.53. The highest BCUT2D eigenvalue weighted by molar-refractivity contribution is 14.1. The fourth-order valence-corrected chi connectivity index (χ4v) is 1.85. The first-order valence-corrected chi connectivity index (χ1v) is 7.02. The number of aryl methyl sites for hydroxylation is 1. The van der Waals surface area contributed by atoms with Gasteiger partial charge in [-0.3, -0.25) is 4.79 Å². The predicted octanol–water partition coefficient (Wildman–Crippen LogP) is 4.28. The number of halogens is 1. The quantitative estimate of drug-likeness (QED) is 0.447. The number of Topliss-reactive ketones (excluding diaryl/α,β-unsaturated/α-hetero) is 1. The normalized spacial score (nSPS) is 12.8. The van der Waals surface area contributed by atoms with Crippen molar-refractivity contribution in [1.29, 1.82) is 0 Å². The second kappa shape index (κ2) is 6.38. The summed E-state index contributed by atoms with van der Waals surface area (Å²) in [5.41, 5.74) is 2.16. The Morgan fingerprint density at radius 2 is 1.75 bits per heavy atom. The second-order valence-corrected chi connectivity index (χ2v) is 6.66. The van der Waals surface area contributed by atoms with E-state index in [9.17, 15) is 4.79 Å². The summed E-state index contributed by atoms with van der Waals surface area (Å²) in [4.78, 5) is 11.7. The molecule has 1 rings (SSSR count). The van der Waals surface area contributed by atoms with Gasteiger partial charge in [0.1, 0.15) is 0 Å². The van der Waals surface area contributed by atoms with E-state index in [1.807, 2.05) is 26.0 Å². The molecule has 1 unspecified atom stereocenters. The van der Waals surface area contributed by atoms with Crippen molar-refractivity contribution in [2.75, 3.05) is 0 Å². The Kier molecular flexibility index (Phi) is 5.46. The molecule has 1 atom stereocenters. The van der Waals surface area contributed by atoms with E-state index >= 15 is 0 Å². The summed E-state index contributed by atoms with van der Waals surface area (Å²) in [6.45, 7) is 6.10. The zero-order chi connectivity index (χ0) is 12.1. The maximum absolute atomic E-state index is 11.7.